The van der Waals surface area contributed by atoms with Crippen LogP contribution < -0.4 is 0 Å². The topological polar surface area (TPSA) is 58.9 Å². The van der Waals surface area contributed by atoms with Crippen LogP contribution in [0.15, 0.2) is 60.7 Å². The molecule has 0 spiro atoms. The summed E-state index contributed by atoms with van der Waals surface area (Å²) in [6.07, 6.45) is -1.92. The Bertz CT molecular complexity index is 466. The second-order valence-corrected chi connectivity index (χ2v) is 5.14. The highest BCUT2D eigenvalue weighted by Gasteiger charge is 2.16. The van der Waals surface area contributed by atoms with Crippen LogP contribution in [0.4, 0.5) is 0 Å². The Morgan fingerprint density at radius 1 is 0.636 bits per heavy atom. The Morgan fingerprint density at radius 2 is 1.00 bits per heavy atom. The van der Waals surface area contributed by atoms with Gasteiger partial charge in [0.05, 0.1) is 26.4 Å². The summed E-state index contributed by atoms with van der Waals surface area (Å²) in [7, 11) is 0. The molecule has 118 valence electrons. The van der Waals surface area contributed by atoms with E-state index in [4.69, 9.17) is 9.47 Å². The third-order valence-electron chi connectivity index (χ3n) is 3.24. The van der Waals surface area contributed by atoms with Crippen molar-refractivity contribution in [1.82, 2.24) is 0 Å². The highest BCUT2D eigenvalue weighted by Crippen LogP contribution is 2.05. The second-order valence-electron chi connectivity index (χ2n) is 5.14. The maximum absolute atomic E-state index is 9.84. The summed E-state index contributed by atoms with van der Waals surface area (Å²) in [6, 6.07) is 19.4. The van der Waals surface area contributed by atoms with Crippen molar-refractivity contribution in [3.63, 3.8) is 0 Å². The van der Waals surface area contributed by atoms with Crippen molar-refractivity contribution < 1.29 is 19.7 Å². The number of hydrogen-bond acceptors (Lipinski definition) is 4. The van der Waals surface area contributed by atoms with Gasteiger partial charge in [0, 0.05) is 0 Å². The Balaban J connectivity index is 1.61. The minimum Gasteiger partial charge on any atom is -0.388 e. The fourth-order valence-corrected chi connectivity index (χ4v) is 1.97. The van der Waals surface area contributed by atoms with Crippen LogP contribution in [0.3, 0.4) is 0 Å². The van der Waals surface area contributed by atoms with E-state index >= 15 is 0 Å². The van der Waals surface area contributed by atoms with Crippen molar-refractivity contribution >= 4 is 0 Å². The molecule has 0 aliphatic carbocycles. The third kappa shape index (κ3) is 5.95. The van der Waals surface area contributed by atoms with Crippen molar-refractivity contribution in [2.75, 3.05) is 13.2 Å². The van der Waals surface area contributed by atoms with E-state index in [0.717, 1.165) is 11.1 Å². The Morgan fingerprint density at radius 3 is 1.36 bits per heavy atom. The van der Waals surface area contributed by atoms with Gasteiger partial charge in [-0.2, -0.15) is 0 Å². The lowest BCUT2D eigenvalue weighted by Crippen LogP contribution is -2.34. The van der Waals surface area contributed by atoms with E-state index in [1.165, 1.54) is 0 Å². The molecule has 2 aromatic carbocycles. The first kappa shape index (κ1) is 16.6. The molecule has 0 aliphatic heterocycles. The molecule has 2 N–H and O–H groups in total. The van der Waals surface area contributed by atoms with E-state index in [9.17, 15) is 10.2 Å². The number of hydrogen-bond donors (Lipinski definition) is 2. The molecule has 4 nitrogen and oxygen atoms in total. The summed E-state index contributed by atoms with van der Waals surface area (Å²) in [5.74, 6) is 0. The van der Waals surface area contributed by atoms with Crippen LogP contribution in [0.5, 0.6) is 0 Å². The van der Waals surface area contributed by atoms with E-state index in [2.05, 4.69) is 0 Å². The second kappa shape index (κ2) is 9.33. The van der Waals surface area contributed by atoms with Gasteiger partial charge >= 0.3 is 0 Å². The molecule has 22 heavy (non-hydrogen) atoms. The van der Waals surface area contributed by atoms with Gasteiger partial charge in [-0.15, -0.1) is 0 Å². The summed E-state index contributed by atoms with van der Waals surface area (Å²) < 4.78 is 10.8. The number of benzene rings is 2. The first-order valence-electron chi connectivity index (χ1n) is 7.35. The van der Waals surface area contributed by atoms with Crippen LogP contribution in [0.1, 0.15) is 11.1 Å². The molecule has 0 radical (unpaired) electrons. The van der Waals surface area contributed by atoms with Gasteiger partial charge in [-0.3, -0.25) is 0 Å². The number of aliphatic hydroxyl groups is 2. The van der Waals surface area contributed by atoms with Crippen LogP contribution >= 0.6 is 0 Å². The molecule has 0 saturated heterocycles. The molecule has 2 aromatic rings. The molecule has 0 heterocycles. The Labute approximate surface area is 130 Å². The van der Waals surface area contributed by atoms with Crippen molar-refractivity contribution in [1.29, 1.82) is 0 Å². The number of aliphatic hydroxyl groups excluding tert-OH is 2. The molecule has 0 amide bonds. The molecule has 0 bridgehead atoms. The van der Waals surface area contributed by atoms with Crippen LogP contribution in [-0.2, 0) is 22.7 Å². The van der Waals surface area contributed by atoms with Gasteiger partial charge in [0.25, 0.3) is 0 Å². The third-order valence-corrected chi connectivity index (χ3v) is 3.24. The van der Waals surface area contributed by atoms with E-state index in [1.54, 1.807) is 0 Å². The Kier molecular flexibility index (Phi) is 7.06. The fraction of sp³-hybridized carbons (Fsp3) is 0.333. The van der Waals surface area contributed by atoms with Crippen LogP contribution in [0, 0.1) is 0 Å². The van der Waals surface area contributed by atoms with Gasteiger partial charge < -0.3 is 19.7 Å². The van der Waals surface area contributed by atoms with Crippen LogP contribution in [0.2, 0.25) is 0 Å². The number of rotatable bonds is 9. The zero-order chi connectivity index (χ0) is 15.6. The van der Waals surface area contributed by atoms with Gasteiger partial charge in [-0.1, -0.05) is 60.7 Å². The van der Waals surface area contributed by atoms with E-state index < -0.39 is 12.2 Å². The highest BCUT2D eigenvalue weighted by molar-refractivity contribution is 5.14. The monoisotopic (exact) mass is 302 g/mol. The fourth-order valence-electron chi connectivity index (χ4n) is 1.97. The predicted molar refractivity (Wildman–Crippen MR) is 84.2 cm³/mol. The first-order valence-corrected chi connectivity index (χ1v) is 7.35. The van der Waals surface area contributed by atoms with Crippen LogP contribution in [0.25, 0.3) is 0 Å². The molecule has 2 rings (SSSR count). The largest absolute Gasteiger partial charge is 0.388 e. The lowest BCUT2D eigenvalue weighted by atomic mass is 10.2. The number of ether oxygens (including phenoxy) is 2. The van der Waals surface area contributed by atoms with Crippen LogP contribution in [-0.4, -0.2) is 35.6 Å². The molecular weight excluding hydrogens is 280 g/mol. The van der Waals surface area contributed by atoms with E-state index in [-0.39, 0.29) is 13.2 Å². The maximum atomic E-state index is 9.84. The summed E-state index contributed by atoms with van der Waals surface area (Å²) in [5.41, 5.74) is 2.06. The first-order chi connectivity index (χ1) is 10.8. The molecule has 2 atom stereocenters. The Hall–Kier alpha value is -1.72. The quantitative estimate of drug-likeness (QED) is 0.745. The molecular formula is C18H22O4. The minimum absolute atomic E-state index is 0.0742. The summed E-state index contributed by atoms with van der Waals surface area (Å²) in [5, 5.41) is 19.7. The van der Waals surface area contributed by atoms with Gasteiger partial charge in [-0.05, 0) is 11.1 Å². The summed E-state index contributed by atoms with van der Waals surface area (Å²) >= 11 is 0. The van der Waals surface area contributed by atoms with Crippen molar-refractivity contribution in [2.45, 2.75) is 25.4 Å². The molecule has 0 aliphatic rings. The predicted octanol–water partition coefficient (Wildman–Crippen LogP) is 2.14. The zero-order valence-electron chi connectivity index (χ0n) is 12.5. The molecule has 0 saturated carbocycles. The van der Waals surface area contributed by atoms with E-state index in [0.29, 0.717) is 13.2 Å². The average molecular weight is 302 g/mol. The van der Waals surface area contributed by atoms with Gasteiger partial charge in [0.15, 0.2) is 0 Å². The maximum Gasteiger partial charge on any atom is 0.105 e. The lowest BCUT2D eigenvalue weighted by molar-refractivity contribution is -0.0758. The normalized spacial score (nSPS) is 13.7. The molecule has 4 heteroatoms. The minimum atomic E-state index is -0.959. The van der Waals surface area contributed by atoms with Gasteiger partial charge in [0.1, 0.15) is 12.2 Å². The van der Waals surface area contributed by atoms with Crippen molar-refractivity contribution in [2.24, 2.45) is 0 Å². The average Bonchev–Trinajstić information content (AvgIpc) is 2.56. The molecule has 0 fully saturated rings. The lowest BCUT2D eigenvalue weighted by Gasteiger charge is -2.18. The zero-order valence-corrected chi connectivity index (χ0v) is 12.5. The standard InChI is InChI=1S/C18H22O4/c19-17(13-21-11-15-7-3-1-4-8-15)18(20)14-22-12-16-9-5-2-6-10-16/h1-10,17-20H,11-14H2/t17-,18+. The SMILES string of the molecule is O[C@H](COCc1ccccc1)[C@@H](O)COCc1ccccc1. The van der Waals surface area contributed by atoms with E-state index in [1.807, 2.05) is 60.7 Å². The highest BCUT2D eigenvalue weighted by atomic mass is 16.5. The van der Waals surface area contributed by atoms with Gasteiger partial charge in [0.2, 0.25) is 0 Å². The molecule has 0 unspecified atom stereocenters. The summed E-state index contributed by atoms with van der Waals surface area (Å²) in [6.45, 7) is 0.973. The van der Waals surface area contributed by atoms with Crippen molar-refractivity contribution in [3.05, 3.63) is 71.8 Å². The molecule has 0 aromatic heterocycles. The smallest absolute Gasteiger partial charge is 0.105 e. The van der Waals surface area contributed by atoms with Crippen molar-refractivity contribution in [3.8, 4) is 0 Å². The van der Waals surface area contributed by atoms with Gasteiger partial charge in [-0.25, -0.2) is 0 Å². The summed E-state index contributed by atoms with van der Waals surface area (Å²) in [4.78, 5) is 0.